The first kappa shape index (κ1) is 15.3. The molecule has 1 aromatic heterocycles. The second-order valence-electron chi connectivity index (χ2n) is 5.81. The fraction of sp³-hybridized carbons (Fsp3) is 0.867. The number of hydrogen-bond acceptors (Lipinski definition) is 5. The van der Waals surface area contributed by atoms with E-state index in [9.17, 15) is 0 Å². The molecule has 0 spiro atoms. The Morgan fingerprint density at radius 2 is 2.10 bits per heavy atom. The van der Waals surface area contributed by atoms with Crippen LogP contribution in [-0.2, 0) is 6.42 Å². The monoisotopic (exact) mass is 280 g/mol. The highest BCUT2D eigenvalue weighted by atomic mass is 16.5. The van der Waals surface area contributed by atoms with Gasteiger partial charge in [0.1, 0.15) is 0 Å². The highest BCUT2D eigenvalue weighted by Gasteiger charge is 2.26. The number of nitrogens with zero attached hydrogens (tertiary/aromatic N) is 3. The SMILES string of the molecule is CCCNC(Cc1nc(N(C)CC)no1)C1CCCC1. The van der Waals surface area contributed by atoms with Gasteiger partial charge in [0.15, 0.2) is 0 Å². The van der Waals surface area contributed by atoms with E-state index < -0.39 is 0 Å². The smallest absolute Gasteiger partial charge is 0.265 e. The number of rotatable bonds is 8. The van der Waals surface area contributed by atoms with E-state index in [1.807, 2.05) is 11.9 Å². The minimum absolute atomic E-state index is 0.484. The molecule has 0 aromatic carbocycles. The quantitative estimate of drug-likeness (QED) is 0.793. The number of aromatic nitrogens is 2. The third-order valence-corrected chi connectivity index (χ3v) is 4.29. The third kappa shape index (κ3) is 3.95. The highest BCUT2D eigenvalue weighted by Crippen LogP contribution is 2.29. The summed E-state index contributed by atoms with van der Waals surface area (Å²) in [6, 6.07) is 0.484. The first-order valence-corrected chi connectivity index (χ1v) is 8.01. The van der Waals surface area contributed by atoms with Gasteiger partial charge in [-0.3, -0.25) is 0 Å². The fourth-order valence-corrected chi connectivity index (χ4v) is 2.91. The molecule has 5 heteroatoms. The van der Waals surface area contributed by atoms with Gasteiger partial charge in [0, 0.05) is 26.1 Å². The molecule has 2 rings (SSSR count). The molecule has 0 aliphatic heterocycles. The Morgan fingerprint density at radius 3 is 2.75 bits per heavy atom. The molecule has 1 atom stereocenters. The zero-order valence-electron chi connectivity index (χ0n) is 13.1. The van der Waals surface area contributed by atoms with E-state index in [1.54, 1.807) is 0 Å². The fourth-order valence-electron chi connectivity index (χ4n) is 2.91. The summed E-state index contributed by atoms with van der Waals surface area (Å²) in [6.45, 7) is 6.25. The minimum Gasteiger partial charge on any atom is -0.342 e. The van der Waals surface area contributed by atoms with Gasteiger partial charge >= 0.3 is 0 Å². The Bertz CT molecular complexity index is 387. The Balaban J connectivity index is 1.97. The Labute approximate surface area is 122 Å². The van der Waals surface area contributed by atoms with Gasteiger partial charge in [0.2, 0.25) is 5.89 Å². The molecule has 1 fully saturated rings. The zero-order valence-corrected chi connectivity index (χ0v) is 13.1. The van der Waals surface area contributed by atoms with Crippen molar-refractivity contribution >= 4 is 5.95 Å². The standard InChI is InChI=1S/C15H28N4O/c1-4-10-16-13(12-8-6-7-9-12)11-14-17-15(18-20-14)19(3)5-2/h12-13,16H,4-11H2,1-3H3. The van der Waals surface area contributed by atoms with Gasteiger partial charge in [-0.25, -0.2) is 0 Å². The largest absolute Gasteiger partial charge is 0.342 e. The van der Waals surface area contributed by atoms with Gasteiger partial charge in [-0.2, -0.15) is 4.98 Å². The van der Waals surface area contributed by atoms with Crippen LogP contribution in [0.5, 0.6) is 0 Å². The molecule has 0 bridgehead atoms. The summed E-state index contributed by atoms with van der Waals surface area (Å²) in [4.78, 5) is 6.51. The van der Waals surface area contributed by atoms with Crippen LogP contribution < -0.4 is 10.2 Å². The van der Waals surface area contributed by atoms with Crippen LogP contribution >= 0.6 is 0 Å². The van der Waals surface area contributed by atoms with E-state index >= 15 is 0 Å². The molecule has 20 heavy (non-hydrogen) atoms. The van der Waals surface area contributed by atoms with Crippen molar-refractivity contribution in [1.82, 2.24) is 15.5 Å². The maximum atomic E-state index is 5.41. The number of nitrogens with one attached hydrogen (secondary N) is 1. The predicted molar refractivity (Wildman–Crippen MR) is 81.0 cm³/mol. The van der Waals surface area contributed by atoms with Crippen LogP contribution in [-0.4, -0.2) is 36.3 Å². The summed E-state index contributed by atoms with van der Waals surface area (Å²) in [7, 11) is 1.98. The van der Waals surface area contributed by atoms with Crippen molar-refractivity contribution in [2.75, 3.05) is 25.0 Å². The van der Waals surface area contributed by atoms with E-state index in [0.29, 0.717) is 12.0 Å². The Hall–Kier alpha value is -1.10. The van der Waals surface area contributed by atoms with Crippen molar-refractivity contribution in [3.8, 4) is 0 Å². The Morgan fingerprint density at radius 1 is 1.35 bits per heavy atom. The lowest BCUT2D eigenvalue weighted by Gasteiger charge is -2.23. The topological polar surface area (TPSA) is 54.2 Å². The van der Waals surface area contributed by atoms with Crippen molar-refractivity contribution in [2.24, 2.45) is 5.92 Å². The lowest BCUT2D eigenvalue weighted by molar-refractivity contribution is 0.308. The molecule has 1 aliphatic rings. The molecule has 1 unspecified atom stereocenters. The van der Waals surface area contributed by atoms with Gasteiger partial charge in [-0.15, -0.1) is 0 Å². The molecule has 0 saturated heterocycles. The summed E-state index contributed by atoms with van der Waals surface area (Å²) in [5.41, 5.74) is 0. The summed E-state index contributed by atoms with van der Waals surface area (Å²) in [6.07, 6.45) is 7.41. The molecule has 1 aromatic rings. The van der Waals surface area contributed by atoms with Crippen molar-refractivity contribution in [2.45, 2.75) is 58.4 Å². The molecular formula is C15H28N4O. The Kier molecular flexibility index (Phi) is 5.83. The number of hydrogen-bond donors (Lipinski definition) is 1. The average Bonchev–Trinajstić information content (AvgIpc) is 3.13. The van der Waals surface area contributed by atoms with Gasteiger partial charge in [0.25, 0.3) is 5.95 Å². The maximum Gasteiger partial charge on any atom is 0.265 e. The summed E-state index contributed by atoms with van der Waals surface area (Å²) in [5.74, 6) is 2.23. The van der Waals surface area contributed by atoms with E-state index in [4.69, 9.17) is 4.52 Å². The van der Waals surface area contributed by atoms with Crippen LogP contribution in [0.3, 0.4) is 0 Å². The number of anilines is 1. The first-order chi connectivity index (χ1) is 9.74. The third-order valence-electron chi connectivity index (χ3n) is 4.29. The molecule has 114 valence electrons. The van der Waals surface area contributed by atoms with Crippen LogP contribution in [0.25, 0.3) is 0 Å². The highest BCUT2D eigenvalue weighted by molar-refractivity contribution is 5.25. The van der Waals surface area contributed by atoms with Crippen LogP contribution in [0.15, 0.2) is 4.52 Å². The summed E-state index contributed by atoms with van der Waals surface area (Å²) in [5, 5.41) is 7.73. The second kappa shape index (κ2) is 7.62. The first-order valence-electron chi connectivity index (χ1n) is 8.01. The maximum absolute atomic E-state index is 5.41. The predicted octanol–water partition coefficient (Wildman–Crippen LogP) is 2.63. The van der Waals surface area contributed by atoms with Gasteiger partial charge in [0.05, 0.1) is 0 Å². The van der Waals surface area contributed by atoms with Crippen molar-refractivity contribution < 1.29 is 4.52 Å². The molecule has 5 nitrogen and oxygen atoms in total. The molecule has 1 saturated carbocycles. The van der Waals surface area contributed by atoms with Crippen molar-refractivity contribution in [1.29, 1.82) is 0 Å². The summed E-state index contributed by atoms with van der Waals surface area (Å²) < 4.78 is 5.41. The van der Waals surface area contributed by atoms with Crippen LogP contribution in [0.2, 0.25) is 0 Å². The van der Waals surface area contributed by atoms with E-state index in [1.165, 1.54) is 25.7 Å². The normalized spacial score (nSPS) is 17.6. The molecule has 0 amide bonds. The van der Waals surface area contributed by atoms with Crippen LogP contribution in [0.4, 0.5) is 5.95 Å². The van der Waals surface area contributed by atoms with E-state index in [2.05, 4.69) is 29.3 Å². The zero-order chi connectivity index (χ0) is 14.4. The van der Waals surface area contributed by atoms with E-state index in [0.717, 1.165) is 37.7 Å². The molecule has 1 aliphatic carbocycles. The van der Waals surface area contributed by atoms with Crippen molar-refractivity contribution in [3.05, 3.63) is 5.89 Å². The van der Waals surface area contributed by atoms with Gasteiger partial charge < -0.3 is 14.7 Å². The van der Waals surface area contributed by atoms with Crippen LogP contribution in [0, 0.1) is 5.92 Å². The average molecular weight is 280 g/mol. The molecular weight excluding hydrogens is 252 g/mol. The van der Waals surface area contributed by atoms with Gasteiger partial charge in [-0.05, 0) is 43.8 Å². The molecule has 0 radical (unpaired) electrons. The second-order valence-corrected chi connectivity index (χ2v) is 5.81. The van der Waals surface area contributed by atoms with Crippen molar-refractivity contribution in [3.63, 3.8) is 0 Å². The lowest BCUT2D eigenvalue weighted by Crippen LogP contribution is -2.37. The molecule has 1 N–H and O–H groups in total. The lowest BCUT2D eigenvalue weighted by atomic mass is 9.95. The molecule has 1 heterocycles. The minimum atomic E-state index is 0.484. The van der Waals surface area contributed by atoms with E-state index in [-0.39, 0.29) is 0 Å². The van der Waals surface area contributed by atoms with Crippen LogP contribution in [0.1, 0.15) is 51.8 Å². The van der Waals surface area contributed by atoms with Gasteiger partial charge in [-0.1, -0.05) is 19.8 Å². The summed E-state index contributed by atoms with van der Waals surface area (Å²) >= 11 is 0.